The van der Waals surface area contributed by atoms with Crippen molar-refractivity contribution in [3.63, 3.8) is 0 Å². The molecule has 0 saturated heterocycles. The number of para-hydroxylation sites is 1. The molecule has 1 aromatic carbocycles. The van der Waals surface area contributed by atoms with Crippen molar-refractivity contribution in [2.24, 2.45) is 5.10 Å². The Hall–Kier alpha value is -1.90. The van der Waals surface area contributed by atoms with E-state index < -0.39 is 0 Å². The lowest BCUT2D eigenvalue weighted by Crippen LogP contribution is -1.93. The smallest absolute Gasteiger partial charge is 0.0751 e. The lowest BCUT2D eigenvalue weighted by Gasteiger charge is -2.02. The van der Waals surface area contributed by atoms with Crippen LogP contribution in [0.25, 0.3) is 10.9 Å². The molecule has 2 rings (SSSR count). The minimum atomic E-state index is 0.912. The minimum absolute atomic E-state index is 0.912. The molecule has 2 aromatic rings. The normalized spacial score (nSPS) is 10.0. The summed E-state index contributed by atoms with van der Waals surface area (Å²) in [5, 5.41) is 5.25. The summed E-state index contributed by atoms with van der Waals surface area (Å²) in [7, 11) is 0. The molecule has 0 aliphatic heterocycles. The van der Waals surface area contributed by atoms with E-state index in [9.17, 15) is 0 Å². The molecule has 0 amide bonds. The van der Waals surface area contributed by atoms with Gasteiger partial charge in [0.2, 0.25) is 0 Å². The van der Waals surface area contributed by atoms with Gasteiger partial charge in [0.25, 0.3) is 0 Å². The molecule has 3 heteroatoms. The number of nitrogens with one attached hydrogen (secondary N) is 1. The fourth-order valence-corrected chi connectivity index (χ4v) is 1.31. The van der Waals surface area contributed by atoms with E-state index in [1.807, 2.05) is 44.2 Å². The van der Waals surface area contributed by atoms with E-state index >= 15 is 0 Å². The van der Waals surface area contributed by atoms with E-state index in [1.165, 1.54) is 0 Å². The molecule has 76 valence electrons. The Morgan fingerprint density at radius 2 is 2.07 bits per heavy atom. The minimum Gasteiger partial charge on any atom is -0.277 e. The van der Waals surface area contributed by atoms with Crippen LogP contribution in [-0.2, 0) is 0 Å². The molecule has 15 heavy (non-hydrogen) atoms. The van der Waals surface area contributed by atoms with Crippen molar-refractivity contribution in [2.45, 2.75) is 13.8 Å². The first-order valence-corrected chi connectivity index (χ1v) is 4.87. The van der Waals surface area contributed by atoms with Gasteiger partial charge in [0.05, 0.1) is 17.4 Å². The van der Waals surface area contributed by atoms with Gasteiger partial charge in [-0.3, -0.25) is 10.4 Å². The lowest BCUT2D eigenvalue weighted by molar-refractivity contribution is 1.29. The van der Waals surface area contributed by atoms with E-state index in [0.717, 1.165) is 22.3 Å². The maximum Gasteiger partial charge on any atom is 0.0751 e. The Kier molecular flexibility index (Phi) is 2.63. The van der Waals surface area contributed by atoms with Gasteiger partial charge in [-0.25, -0.2) is 0 Å². The Labute approximate surface area is 88.8 Å². The van der Waals surface area contributed by atoms with Crippen molar-refractivity contribution in [3.05, 3.63) is 36.5 Å². The van der Waals surface area contributed by atoms with Gasteiger partial charge in [-0.15, -0.1) is 0 Å². The summed E-state index contributed by atoms with van der Waals surface area (Å²) in [6, 6.07) is 10.1. The molecule has 3 nitrogen and oxygen atoms in total. The molecule has 1 heterocycles. The number of hydrogen-bond acceptors (Lipinski definition) is 3. The molecular formula is C12H13N3. The second kappa shape index (κ2) is 4.09. The van der Waals surface area contributed by atoms with Crippen molar-refractivity contribution in [1.82, 2.24) is 4.98 Å². The van der Waals surface area contributed by atoms with Gasteiger partial charge in [0, 0.05) is 11.1 Å². The molecule has 1 aromatic heterocycles. The quantitative estimate of drug-likeness (QED) is 0.596. The number of aromatic nitrogens is 1. The average Bonchev–Trinajstić information content (AvgIpc) is 2.26. The van der Waals surface area contributed by atoms with Crippen LogP contribution < -0.4 is 5.43 Å². The monoisotopic (exact) mass is 199 g/mol. The van der Waals surface area contributed by atoms with Crippen LogP contribution >= 0.6 is 0 Å². The molecule has 1 N–H and O–H groups in total. The molecule has 0 fully saturated rings. The van der Waals surface area contributed by atoms with Crippen LogP contribution in [0.4, 0.5) is 5.69 Å². The van der Waals surface area contributed by atoms with Crippen LogP contribution in [0.15, 0.2) is 41.6 Å². The van der Waals surface area contributed by atoms with Gasteiger partial charge < -0.3 is 0 Å². The third-order valence-electron chi connectivity index (χ3n) is 2.00. The highest BCUT2D eigenvalue weighted by Gasteiger charge is 1.95. The van der Waals surface area contributed by atoms with E-state index in [2.05, 4.69) is 15.5 Å². The van der Waals surface area contributed by atoms with Gasteiger partial charge in [0.1, 0.15) is 0 Å². The van der Waals surface area contributed by atoms with Crippen molar-refractivity contribution in [1.29, 1.82) is 0 Å². The SMILES string of the molecule is CC(C)=NNc1cnc2ccccc2c1. The number of fused-ring (bicyclic) bond motifs is 1. The Balaban J connectivity index is 2.34. The first kappa shape index (κ1) is 9.65. The predicted octanol–water partition coefficient (Wildman–Crippen LogP) is 3.04. The van der Waals surface area contributed by atoms with Gasteiger partial charge in [-0.2, -0.15) is 5.10 Å². The van der Waals surface area contributed by atoms with Crippen LogP contribution in [-0.4, -0.2) is 10.7 Å². The molecular weight excluding hydrogens is 186 g/mol. The number of anilines is 1. The molecule has 0 unspecified atom stereocenters. The highest BCUT2D eigenvalue weighted by molar-refractivity contribution is 5.82. The molecule has 0 aliphatic carbocycles. The fraction of sp³-hybridized carbons (Fsp3) is 0.167. The standard InChI is InChI=1S/C12H13N3/c1-9(2)14-15-11-7-10-5-3-4-6-12(10)13-8-11/h3-8,15H,1-2H3. The van der Waals surface area contributed by atoms with Crippen molar-refractivity contribution in [2.75, 3.05) is 5.43 Å². The number of rotatable bonds is 2. The molecule has 0 atom stereocenters. The topological polar surface area (TPSA) is 37.3 Å². The van der Waals surface area contributed by atoms with E-state index in [-0.39, 0.29) is 0 Å². The predicted molar refractivity (Wildman–Crippen MR) is 64.1 cm³/mol. The number of pyridine rings is 1. The molecule has 0 spiro atoms. The van der Waals surface area contributed by atoms with Gasteiger partial charge in [-0.1, -0.05) is 18.2 Å². The maximum absolute atomic E-state index is 4.33. The summed E-state index contributed by atoms with van der Waals surface area (Å²) < 4.78 is 0. The zero-order valence-electron chi connectivity index (χ0n) is 8.86. The van der Waals surface area contributed by atoms with Crippen molar-refractivity contribution < 1.29 is 0 Å². The van der Waals surface area contributed by atoms with Gasteiger partial charge in [0.15, 0.2) is 0 Å². The zero-order chi connectivity index (χ0) is 10.7. The van der Waals surface area contributed by atoms with Crippen molar-refractivity contribution >= 4 is 22.3 Å². The molecule has 0 radical (unpaired) electrons. The van der Waals surface area contributed by atoms with E-state index in [1.54, 1.807) is 6.20 Å². The van der Waals surface area contributed by atoms with E-state index in [0.29, 0.717) is 0 Å². The maximum atomic E-state index is 4.33. The molecule has 0 bridgehead atoms. The van der Waals surface area contributed by atoms with Crippen LogP contribution in [0.1, 0.15) is 13.8 Å². The zero-order valence-corrected chi connectivity index (χ0v) is 8.86. The highest BCUT2D eigenvalue weighted by atomic mass is 15.3. The average molecular weight is 199 g/mol. The Morgan fingerprint density at radius 3 is 2.87 bits per heavy atom. The third-order valence-corrected chi connectivity index (χ3v) is 2.00. The number of hydrazone groups is 1. The Bertz CT molecular complexity index is 499. The summed E-state index contributed by atoms with van der Waals surface area (Å²) in [5.74, 6) is 0. The highest BCUT2D eigenvalue weighted by Crippen LogP contribution is 2.15. The number of hydrogen-bond donors (Lipinski definition) is 1. The summed E-state index contributed by atoms with van der Waals surface area (Å²) in [6.07, 6.45) is 1.79. The second-order valence-corrected chi connectivity index (χ2v) is 3.59. The van der Waals surface area contributed by atoms with Crippen LogP contribution in [0.3, 0.4) is 0 Å². The van der Waals surface area contributed by atoms with Gasteiger partial charge in [-0.05, 0) is 26.0 Å². The van der Waals surface area contributed by atoms with E-state index in [4.69, 9.17) is 0 Å². The van der Waals surface area contributed by atoms with Crippen molar-refractivity contribution in [3.8, 4) is 0 Å². The number of benzene rings is 1. The van der Waals surface area contributed by atoms with Crippen LogP contribution in [0, 0.1) is 0 Å². The second-order valence-electron chi connectivity index (χ2n) is 3.59. The first-order valence-electron chi connectivity index (χ1n) is 4.87. The number of nitrogens with zero attached hydrogens (tertiary/aromatic N) is 2. The fourth-order valence-electron chi connectivity index (χ4n) is 1.31. The Morgan fingerprint density at radius 1 is 1.27 bits per heavy atom. The lowest BCUT2D eigenvalue weighted by atomic mass is 10.2. The van der Waals surface area contributed by atoms with Crippen LogP contribution in [0.2, 0.25) is 0 Å². The third kappa shape index (κ3) is 2.31. The molecule has 0 aliphatic rings. The summed E-state index contributed by atoms with van der Waals surface area (Å²) >= 11 is 0. The summed E-state index contributed by atoms with van der Waals surface area (Å²) in [6.45, 7) is 3.89. The largest absolute Gasteiger partial charge is 0.277 e. The first-order chi connectivity index (χ1) is 7.25. The summed E-state index contributed by atoms with van der Waals surface area (Å²) in [5.41, 5.74) is 5.86. The summed E-state index contributed by atoms with van der Waals surface area (Å²) in [4.78, 5) is 4.33. The van der Waals surface area contributed by atoms with Crippen LogP contribution in [0.5, 0.6) is 0 Å². The van der Waals surface area contributed by atoms with Gasteiger partial charge >= 0.3 is 0 Å². The molecule has 0 saturated carbocycles.